The van der Waals surface area contributed by atoms with Gasteiger partial charge in [0.05, 0.1) is 12.1 Å². The van der Waals surface area contributed by atoms with E-state index < -0.39 is 11.6 Å². The van der Waals surface area contributed by atoms with Gasteiger partial charge in [-0.05, 0) is 19.8 Å². The van der Waals surface area contributed by atoms with Crippen LogP contribution >= 0.6 is 0 Å². The SMILES string of the molecule is Cc1nn(CC(C)C)c(C)c1CC(=O)N1CCC(O)(C(=O)O)CC1. The van der Waals surface area contributed by atoms with E-state index in [1.165, 1.54) is 0 Å². The van der Waals surface area contributed by atoms with Gasteiger partial charge >= 0.3 is 5.97 Å². The molecule has 2 rings (SSSR count). The van der Waals surface area contributed by atoms with Gasteiger partial charge in [-0.15, -0.1) is 0 Å². The number of aliphatic hydroxyl groups is 1. The van der Waals surface area contributed by atoms with Gasteiger partial charge in [0.15, 0.2) is 5.60 Å². The molecule has 0 spiro atoms. The molecular weight excluding hydrogens is 310 g/mol. The van der Waals surface area contributed by atoms with Gasteiger partial charge in [-0.2, -0.15) is 5.10 Å². The van der Waals surface area contributed by atoms with Gasteiger partial charge in [-0.25, -0.2) is 4.79 Å². The van der Waals surface area contributed by atoms with Crippen LogP contribution in [0.3, 0.4) is 0 Å². The number of carboxylic acid groups (broad SMARTS) is 1. The summed E-state index contributed by atoms with van der Waals surface area (Å²) in [4.78, 5) is 25.2. The van der Waals surface area contributed by atoms with Gasteiger partial charge < -0.3 is 15.1 Å². The first kappa shape index (κ1) is 18.4. The van der Waals surface area contributed by atoms with Crippen LogP contribution in [0.4, 0.5) is 0 Å². The van der Waals surface area contributed by atoms with Crippen LogP contribution in [0.2, 0.25) is 0 Å². The summed E-state index contributed by atoms with van der Waals surface area (Å²) in [6.45, 7) is 9.48. The Hall–Kier alpha value is -1.89. The van der Waals surface area contributed by atoms with E-state index in [0.717, 1.165) is 23.5 Å². The van der Waals surface area contributed by atoms with Crippen molar-refractivity contribution in [2.24, 2.45) is 5.92 Å². The maximum Gasteiger partial charge on any atom is 0.335 e. The molecule has 7 nitrogen and oxygen atoms in total. The Kier molecular flexibility index (Phi) is 5.32. The number of carbonyl (C=O) groups excluding carboxylic acids is 1. The lowest BCUT2D eigenvalue weighted by Crippen LogP contribution is -2.51. The van der Waals surface area contributed by atoms with Crippen LogP contribution in [-0.2, 0) is 22.6 Å². The molecule has 1 aliphatic rings. The summed E-state index contributed by atoms with van der Waals surface area (Å²) in [6, 6.07) is 0. The molecule has 1 aromatic rings. The van der Waals surface area contributed by atoms with E-state index in [9.17, 15) is 14.7 Å². The third-order valence-corrected chi connectivity index (χ3v) is 4.74. The number of nitrogens with zero attached hydrogens (tertiary/aromatic N) is 3. The van der Waals surface area contributed by atoms with E-state index in [2.05, 4.69) is 18.9 Å². The van der Waals surface area contributed by atoms with E-state index in [-0.39, 0.29) is 38.3 Å². The molecule has 0 aliphatic carbocycles. The molecule has 7 heteroatoms. The number of carboxylic acids is 1. The van der Waals surface area contributed by atoms with E-state index in [1.807, 2.05) is 18.5 Å². The van der Waals surface area contributed by atoms with Gasteiger partial charge in [0.2, 0.25) is 5.91 Å². The predicted molar refractivity (Wildman–Crippen MR) is 88.6 cm³/mol. The molecule has 0 bridgehead atoms. The number of aryl methyl sites for hydroxylation is 1. The summed E-state index contributed by atoms with van der Waals surface area (Å²) in [7, 11) is 0. The fraction of sp³-hybridized carbons (Fsp3) is 0.706. The minimum Gasteiger partial charge on any atom is -0.479 e. The molecule has 1 aliphatic heterocycles. The molecule has 0 aromatic carbocycles. The molecule has 24 heavy (non-hydrogen) atoms. The highest BCUT2D eigenvalue weighted by molar-refractivity contribution is 5.81. The molecule has 2 heterocycles. The van der Waals surface area contributed by atoms with Crippen molar-refractivity contribution in [3.8, 4) is 0 Å². The number of piperidine rings is 1. The Labute approximate surface area is 142 Å². The zero-order valence-electron chi connectivity index (χ0n) is 14.9. The Balaban J connectivity index is 2.03. The lowest BCUT2D eigenvalue weighted by atomic mass is 9.91. The molecular formula is C17H27N3O4. The van der Waals surface area contributed by atoms with Crippen molar-refractivity contribution in [3.05, 3.63) is 17.0 Å². The van der Waals surface area contributed by atoms with Crippen molar-refractivity contribution in [1.29, 1.82) is 0 Å². The fourth-order valence-corrected chi connectivity index (χ4v) is 3.12. The maximum atomic E-state index is 12.5. The predicted octanol–water partition coefficient (Wildman–Crippen LogP) is 1.14. The number of hydrogen-bond acceptors (Lipinski definition) is 4. The van der Waals surface area contributed by atoms with Crippen molar-refractivity contribution in [3.63, 3.8) is 0 Å². The number of rotatable bonds is 5. The summed E-state index contributed by atoms with van der Waals surface area (Å²) >= 11 is 0. The molecule has 1 fully saturated rings. The lowest BCUT2D eigenvalue weighted by Gasteiger charge is -2.35. The molecule has 0 atom stereocenters. The minimum atomic E-state index is -1.70. The van der Waals surface area contributed by atoms with Crippen molar-refractivity contribution in [1.82, 2.24) is 14.7 Å². The van der Waals surface area contributed by atoms with E-state index in [4.69, 9.17) is 5.11 Å². The Morgan fingerprint density at radius 1 is 1.25 bits per heavy atom. The monoisotopic (exact) mass is 337 g/mol. The second-order valence-electron chi connectivity index (χ2n) is 7.12. The first-order valence-corrected chi connectivity index (χ1v) is 8.40. The van der Waals surface area contributed by atoms with Gasteiger partial charge in [0.1, 0.15) is 0 Å². The summed E-state index contributed by atoms with van der Waals surface area (Å²) in [5, 5.41) is 23.5. The van der Waals surface area contributed by atoms with Crippen LogP contribution in [-0.4, -0.2) is 55.5 Å². The minimum absolute atomic E-state index is 0.0438. The van der Waals surface area contributed by atoms with Crippen LogP contribution in [0.15, 0.2) is 0 Å². The Bertz CT molecular complexity index is 628. The highest BCUT2D eigenvalue weighted by atomic mass is 16.4. The zero-order valence-corrected chi connectivity index (χ0v) is 14.9. The average molecular weight is 337 g/mol. The zero-order chi connectivity index (χ0) is 18.1. The number of amides is 1. The van der Waals surface area contributed by atoms with Gasteiger partial charge in [0.25, 0.3) is 0 Å². The highest BCUT2D eigenvalue weighted by Gasteiger charge is 2.40. The number of aromatic nitrogens is 2. The lowest BCUT2D eigenvalue weighted by molar-refractivity contribution is -0.165. The Morgan fingerprint density at radius 3 is 2.33 bits per heavy atom. The molecule has 2 N–H and O–H groups in total. The molecule has 0 saturated carbocycles. The number of hydrogen-bond donors (Lipinski definition) is 2. The van der Waals surface area contributed by atoms with Crippen molar-refractivity contribution in [2.45, 2.75) is 59.1 Å². The molecule has 1 aromatic heterocycles. The molecule has 134 valence electrons. The maximum absolute atomic E-state index is 12.5. The standard InChI is InChI=1S/C17H27N3O4/c1-11(2)10-20-13(4)14(12(3)18-20)9-15(21)19-7-5-17(24,6-8-19)16(22)23/h11,24H,5-10H2,1-4H3,(H,22,23). The van der Waals surface area contributed by atoms with Crippen LogP contribution in [0.25, 0.3) is 0 Å². The van der Waals surface area contributed by atoms with Crippen LogP contribution < -0.4 is 0 Å². The Morgan fingerprint density at radius 2 is 1.83 bits per heavy atom. The summed E-state index contributed by atoms with van der Waals surface area (Å²) in [6.07, 6.45) is 0.401. The van der Waals surface area contributed by atoms with E-state index in [1.54, 1.807) is 4.90 Å². The molecule has 0 radical (unpaired) electrons. The molecule has 1 amide bonds. The second-order valence-corrected chi connectivity index (χ2v) is 7.12. The van der Waals surface area contributed by atoms with Gasteiger partial charge in [0, 0.05) is 43.7 Å². The van der Waals surface area contributed by atoms with Gasteiger partial charge in [-0.3, -0.25) is 9.48 Å². The normalized spacial score (nSPS) is 17.3. The first-order valence-electron chi connectivity index (χ1n) is 8.40. The summed E-state index contributed by atoms with van der Waals surface area (Å²) in [5.74, 6) is -0.781. The fourth-order valence-electron chi connectivity index (χ4n) is 3.12. The third kappa shape index (κ3) is 3.77. The van der Waals surface area contributed by atoms with Crippen LogP contribution in [0.5, 0.6) is 0 Å². The molecule has 0 unspecified atom stereocenters. The first-order chi connectivity index (χ1) is 11.1. The van der Waals surface area contributed by atoms with Crippen LogP contribution in [0, 0.1) is 19.8 Å². The summed E-state index contributed by atoms with van der Waals surface area (Å²) in [5.41, 5.74) is 1.11. The van der Waals surface area contributed by atoms with Crippen molar-refractivity contribution < 1.29 is 19.8 Å². The molecule has 1 saturated heterocycles. The summed E-state index contributed by atoms with van der Waals surface area (Å²) < 4.78 is 1.95. The number of carbonyl (C=O) groups is 2. The second kappa shape index (κ2) is 6.93. The van der Waals surface area contributed by atoms with Crippen molar-refractivity contribution >= 4 is 11.9 Å². The highest BCUT2D eigenvalue weighted by Crippen LogP contribution is 2.24. The van der Waals surface area contributed by atoms with E-state index in [0.29, 0.717) is 5.92 Å². The number of likely N-dealkylation sites (tertiary alicyclic amines) is 1. The van der Waals surface area contributed by atoms with Crippen molar-refractivity contribution in [2.75, 3.05) is 13.1 Å². The average Bonchev–Trinajstić information content (AvgIpc) is 2.74. The van der Waals surface area contributed by atoms with Gasteiger partial charge in [-0.1, -0.05) is 13.8 Å². The smallest absolute Gasteiger partial charge is 0.335 e. The van der Waals surface area contributed by atoms with Crippen LogP contribution in [0.1, 0.15) is 43.6 Å². The van der Waals surface area contributed by atoms with E-state index >= 15 is 0 Å². The quantitative estimate of drug-likeness (QED) is 0.840. The topological polar surface area (TPSA) is 95.7 Å². The number of aliphatic carboxylic acids is 1. The largest absolute Gasteiger partial charge is 0.479 e. The third-order valence-electron chi connectivity index (χ3n) is 4.74.